The van der Waals surface area contributed by atoms with Crippen molar-refractivity contribution in [3.8, 4) is 11.5 Å². The third kappa shape index (κ3) is 2.26. The van der Waals surface area contributed by atoms with Gasteiger partial charge in [-0.15, -0.1) is 11.3 Å². The zero-order chi connectivity index (χ0) is 15.1. The zero-order valence-electron chi connectivity index (χ0n) is 12.7. The van der Waals surface area contributed by atoms with Crippen LogP contribution in [0.2, 0.25) is 0 Å². The molecule has 0 radical (unpaired) electrons. The maximum atomic E-state index is 4.71. The first-order valence-corrected chi connectivity index (χ1v) is 8.33. The highest BCUT2D eigenvalue weighted by Crippen LogP contribution is 2.26. The average Bonchev–Trinajstić information content (AvgIpc) is 3.24. The molecule has 0 unspecified atom stereocenters. The molecule has 0 aromatic carbocycles. The van der Waals surface area contributed by atoms with Crippen molar-refractivity contribution in [2.24, 2.45) is 0 Å². The van der Waals surface area contributed by atoms with E-state index in [1.54, 1.807) is 11.3 Å². The van der Waals surface area contributed by atoms with Crippen LogP contribution in [0.1, 0.15) is 29.4 Å². The standard InChI is InChI=1S/C15H18N6S/c1-10(14-9-22-11(2)18-14)20-5-4-17-15(20)13-7-12-8-16-3-6-21(12)19-13/h4-5,7,9-10,16H,3,6,8H2,1-2H3/t10-/m0/s1. The lowest BCUT2D eigenvalue weighted by Gasteiger charge is -2.14. The fraction of sp³-hybridized carbons (Fsp3) is 0.400. The quantitative estimate of drug-likeness (QED) is 0.805. The van der Waals surface area contributed by atoms with Crippen LogP contribution in [0.3, 0.4) is 0 Å². The summed E-state index contributed by atoms with van der Waals surface area (Å²) in [7, 11) is 0. The van der Waals surface area contributed by atoms with Crippen molar-refractivity contribution in [3.63, 3.8) is 0 Å². The van der Waals surface area contributed by atoms with E-state index in [4.69, 9.17) is 5.10 Å². The second-order valence-corrected chi connectivity index (χ2v) is 6.61. The minimum Gasteiger partial charge on any atom is -0.321 e. The van der Waals surface area contributed by atoms with Gasteiger partial charge in [0.15, 0.2) is 5.82 Å². The van der Waals surface area contributed by atoms with Crippen LogP contribution in [-0.4, -0.2) is 30.9 Å². The van der Waals surface area contributed by atoms with Crippen molar-refractivity contribution in [1.82, 2.24) is 29.6 Å². The molecule has 0 saturated heterocycles. The number of hydrogen-bond acceptors (Lipinski definition) is 5. The van der Waals surface area contributed by atoms with Gasteiger partial charge in [-0.3, -0.25) is 4.68 Å². The molecule has 3 aromatic rings. The molecule has 4 heterocycles. The molecule has 22 heavy (non-hydrogen) atoms. The lowest BCUT2D eigenvalue weighted by Crippen LogP contribution is -2.28. The normalized spacial score (nSPS) is 15.7. The molecule has 0 saturated carbocycles. The Morgan fingerprint density at radius 1 is 1.41 bits per heavy atom. The summed E-state index contributed by atoms with van der Waals surface area (Å²) in [5.74, 6) is 0.903. The van der Waals surface area contributed by atoms with Crippen molar-refractivity contribution in [1.29, 1.82) is 0 Å². The third-order valence-electron chi connectivity index (χ3n) is 4.05. The summed E-state index contributed by atoms with van der Waals surface area (Å²) in [4.78, 5) is 9.13. The molecule has 1 aliphatic rings. The molecule has 1 aliphatic heterocycles. The lowest BCUT2D eigenvalue weighted by atomic mass is 10.2. The second kappa shape index (κ2) is 5.33. The average molecular weight is 314 g/mol. The maximum Gasteiger partial charge on any atom is 0.161 e. The number of aromatic nitrogens is 5. The predicted octanol–water partition coefficient (Wildman–Crippen LogP) is 2.22. The Labute approximate surface area is 132 Å². The minimum absolute atomic E-state index is 0.152. The van der Waals surface area contributed by atoms with Crippen LogP contribution in [0, 0.1) is 6.92 Å². The fourth-order valence-corrected chi connectivity index (χ4v) is 3.54. The molecule has 0 bridgehead atoms. The van der Waals surface area contributed by atoms with Gasteiger partial charge in [0.1, 0.15) is 5.69 Å². The first kappa shape index (κ1) is 13.7. The summed E-state index contributed by atoms with van der Waals surface area (Å²) >= 11 is 1.68. The number of thiazole rings is 1. The molecular formula is C15H18N6S. The Hall–Kier alpha value is -1.99. The van der Waals surface area contributed by atoms with Gasteiger partial charge in [-0.25, -0.2) is 9.97 Å². The number of fused-ring (bicyclic) bond motifs is 1. The fourth-order valence-electron chi connectivity index (χ4n) is 2.84. The van der Waals surface area contributed by atoms with Crippen LogP contribution in [0.15, 0.2) is 23.8 Å². The SMILES string of the molecule is Cc1nc([C@H](C)n2ccnc2-c2cc3n(n2)CCNC3)cs1. The Bertz CT molecular complexity index is 775. The molecule has 0 amide bonds. The Balaban J connectivity index is 1.72. The first-order valence-electron chi connectivity index (χ1n) is 7.45. The van der Waals surface area contributed by atoms with Gasteiger partial charge < -0.3 is 9.88 Å². The molecule has 4 rings (SSSR count). The van der Waals surface area contributed by atoms with Gasteiger partial charge in [0, 0.05) is 30.9 Å². The second-order valence-electron chi connectivity index (χ2n) is 5.55. The summed E-state index contributed by atoms with van der Waals surface area (Å²) in [6.07, 6.45) is 3.84. The van der Waals surface area contributed by atoms with Crippen molar-refractivity contribution in [3.05, 3.63) is 40.2 Å². The summed E-state index contributed by atoms with van der Waals surface area (Å²) in [5.41, 5.74) is 3.22. The molecule has 0 spiro atoms. The summed E-state index contributed by atoms with van der Waals surface area (Å²) < 4.78 is 4.22. The van der Waals surface area contributed by atoms with Crippen LogP contribution in [0.5, 0.6) is 0 Å². The molecular weight excluding hydrogens is 296 g/mol. The number of nitrogens with one attached hydrogen (secondary N) is 1. The summed E-state index contributed by atoms with van der Waals surface area (Å²) in [5, 5.41) is 11.3. The van der Waals surface area contributed by atoms with E-state index in [2.05, 4.69) is 42.9 Å². The molecule has 1 atom stereocenters. The van der Waals surface area contributed by atoms with Gasteiger partial charge in [0.05, 0.1) is 29.0 Å². The maximum absolute atomic E-state index is 4.71. The monoisotopic (exact) mass is 314 g/mol. The largest absolute Gasteiger partial charge is 0.321 e. The van der Waals surface area contributed by atoms with Crippen LogP contribution in [-0.2, 0) is 13.1 Å². The third-order valence-corrected chi connectivity index (χ3v) is 4.84. The van der Waals surface area contributed by atoms with Gasteiger partial charge in [-0.05, 0) is 19.9 Å². The Morgan fingerprint density at radius 3 is 3.09 bits per heavy atom. The van der Waals surface area contributed by atoms with Crippen molar-refractivity contribution >= 4 is 11.3 Å². The zero-order valence-corrected chi connectivity index (χ0v) is 13.5. The van der Waals surface area contributed by atoms with E-state index in [-0.39, 0.29) is 6.04 Å². The molecule has 7 heteroatoms. The van der Waals surface area contributed by atoms with Gasteiger partial charge in [-0.1, -0.05) is 0 Å². The highest BCUT2D eigenvalue weighted by Gasteiger charge is 2.19. The van der Waals surface area contributed by atoms with Crippen LogP contribution < -0.4 is 5.32 Å². The number of imidazole rings is 1. The molecule has 0 aliphatic carbocycles. The van der Waals surface area contributed by atoms with Gasteiger partial charge in [-0.2, -0.15) is 5.10 Å². The summed E-state index contributed by atoms with van der Waals surface area (Å²) in [6, 6.07) is 2.28. The number of aryl methyl sites for hydroxylation is 1. The van der Waals surface area contributed by atoms with Gasteiger partial charge in [0.2, 0.25) is 0 Å². The smallest absolute Gasteiger partial charge is 0.161 e. The lowest BCUT2D eigenvalue weighted by molar-refractivity contribution is 0.476. The van der Waals surface area contributed by atoms with Gasteiger partial charge >= 0.3 is 0 Å². The van der Waals surface area contributed by atoms with Crippen molar-refractivity contribution < 1.29 is 0 Å². The minimum atomic E-state index is 0.152. The van der Waals surface area contributed by atoms with E-state index in [1.807, 2.05) is 19.3 Å². The van der Waals surface area contributed by atoms with Crippen LogP contribution in [0.4, 0.5) is 0 Å². The molecule has 0 fully saturated rings. The summed E-state index contributed by atoms with van der Waals surface area (Å²) in [6.45, 7) is 6.94. The predicted molar refractivity (Wildman–Crippen MR) is 85.8 cm³/mol. The molecule has 114 valence electrons. The van der Waals surface area contributed by atoms with E-state index in [0.717, 1.165) is 41.9 Å². The van der Waals surface area contributed by atoms with Crippen LogP contribution in [0.25, 0.3) is 11.5 Å². The topological polar surface area (TPSA) is 60.6 Å². The highest BCUT2D eigenvalue weighted by atomic mass is 32.1. The van der Waals surface area contributed by atoms with E-state index < -0.39 is 0 Å². The van der Waals surface area contributed by atoms with E-state index >= 15 is 0 Å². The number of nitrogens with zero attached hydrogens (tertiary/aromatic N) is 5. The Kier molecular flexibility index (Phi) is 3.31. The van der Waals surface area contributed by atoms with Crippen LogP contribution >= 0.6 is 11.3 Å². The van der Waals surface area contributed by atoms with E-state index in [1.165, 1.54) is 5.69 Å². The number of rotatable bonds is 3. The number of hydrogen-bond donors (Lipinski definition) is 1. The van der Waals surface area contributed by atoms with E-state index in [0.29, 0.717) is 0 Å². The molecule has 1 N–H and O–H groups in total. The van der Waals surface area contributed by atoms with Crippen molar-refractivity contribution in [2.75, 3.05) is 6.54 Å². The highest BCUT2D eigenvalue weighted by molar-refractivity contribution is 7.09. The molecule has 3 aromatic heterocycles. The van der Waals surface area contributed by atoms with Crippen molar-refractivity contribution in [2.45, 2.75) is 33.0 Å². The van der Waals surface area contributed by atoms with Gasteiger partial charge in [0.25, 0.3) is 0 Å². The van der Waals surface area contributed by atoms with E-state index in [9.17, 15) is 0 Å². The molecule has 6 nitrogen and oxygen atoms in total. The first-order chi connectivity index (χ1) is 10.7. The Morgan fingerprint density at radius 2 is 2.32 bits per heavy atom.